The van der Waals surface area contributed by atoms with Crippen LogP contribution in [0.4, 0.5) is 5.69 Å². The van der Waals surface area contributed by atoms with Crippen molar-refractivity contribution in [3.8, 4) is 0 Å². The fourth-order valence-electron chi connectivity index (χ4n) is 1.10. The van der Waals surface area contributed by atoms with Gasteiger partial charge in [-0.05, 0) is 18.2 Å². The van der Waals surface area contributed by atoms with Gasteiger partial charge in [0.25, 0.3) is 0 Å². The molecule has 0 amide bonds. The van der Waals surface area contributed by atoms with E-state index in [1.165, 1.54) is 0 Å². The van der Waals surface area contributed by atoms with Crippen molar-refractivity contribution in [2.24, 2.45) is 5.29 Å². The van der Waals surface area contributed by atoms with Crippen molar-refractivity contribution in [2.45, 2.75) is 0 Å². The number of nitrogens with two attached hydrogens (primary N) is 1. The van der Waals surface area contributed by atoms with Crippen molar-refractivity contribution in [1.29, 1.82) is 0 Å². The molecule has 60 valence electrons. The van der Waals surface area contributed by atoms with Crippen molar-refractivity contribution in [3.63, 3.8) is 0 Å². The number of nitrogens with zero attached hydrogens (tertiary/aromatic N) is 3. The summed E-state index contributed by atoms with van der Waals surface area (Å²) in [6, 6.07) is 5.15. The molecule has 0 fully saturated rings. The highest BCUT2D eigenvalue weighted by atomic mass is 16.3. The highest BCUT2D eigenvalue weighted by Gasteiger charge is 2.01. The smallest absolute Gasteiger partial charge is 0.0979 e. The van der Waals surface area contributed by atoms with Crippen LogP contribution in [0.3, 0.4) is 0 Å². The molecule has 2 aromatic rings. The summed E-state index contributed by atoms with van der Waals surface area (Å²) >= 11 is 0. The fourth-order valence-corrected chi connectivity index (χ4v) is 1.10. The standard InChI is InChI=1S/C7H6N4O/c8-6-1-2-7-5(3-6)4-9-11(7)10-12/h1-4H,8H2. The molecule has 1 aromatic heterocycles. The second kappa shape index (κ2) is 2.30. The maximum atomic E-state index is 10.2. The Bertz CT molecular complexity index is 434. The SMILES string of the molecule is Nc1ccc2c(cnn2N=O)c1. The zero-order valence-corrected chi connectivity index (χ0v) is 6.14. The van der Waals surface area contributed by atoms with Crippen LogP contribution in [0.2, 0.25) is 0 Å². The lowest BCUT2D eigenvalue weighted by molar-refractivity contribution is 0.761. The normalized spacial score (nSPS) is 10.3. The van der Waals surface area contributed by atoms with Crippen LogP contribution in [0.25, 0.3) is 10.9 Å². The second-order valence-electron chi connectivity index (χ2n) is 2.43. The fraction of sp³-hybridized carbons (Fsp3) is 0. The summed E-state index contributed by atoms with van der Waals surface area (Å²) in [5.74, 6) is 0. The Kier molecular flexibility index (Phi) is 1.30. The molecule has 5 heteroatoms. The maximum absolute atomic E-state index is 10.2. The number of fused-ring (bicyclic) bond motifs is 1. The number of hydrogen-bond donors (Lipinski definition) is 1. The van der Waals surface area contributed by atoms with E-state index in [1.54, 1.807) is 24.4 Å². The molecule has 0 unspecified atom stereocenters. The van der Waals surface area contributed by atoms with Crippen LogP contribution in [-0.2, 0) is 0 Å². The van der Waals surface area contributed by atoms with E-state index in [4.69, 9.17) is 5.73 Å². The zero-order chi connectivity index (χ0) is 8.55. The van der Waals surface area contributed by atoms with Crippen LogP contribution in [-0.4, -0.2) is 9.89 Å². The van der Waals surface area contributed by atoms with Crippen molar-refractivity contribution in [2.75, 3.05) is 5.73 Å². The van der Waals surface area contributed by atoms with Gasteiger partial charge in [-0.25, -0.2) is 0 Å². The van der Waals surface area contributed by atoms with Crippen molar-refractivity contribution >= 4 is 16.6 Å². The first-order chi connectivity index (χ1) is 5.81. The number of aromatic nitrogens is 2. The summed E-state index contributed by atoms with van der Waals surface area (Å²) < 4.78 is 0. The topological polar surface area (TPSA) is 73.3 Å². The quantitative estimate of drug-likeness (QED) is 0.504. The van der Waals surface area contributed by atoms with Gasteiger partial charge in [0.05, 0.1) is 17.0 Å². The predicted molar refractivity (Wildman–Crippen MR) is 45.3 cm³/mol. The Morgan fingerprint density at radius 3 is 3.08 bits per heavy atom. The molecular weight excluding hydrogens is 156 g/mol. The Morgan fingerprint density at radius 1 is 1.50 bits per heavy atom. The third-order valence-electron chi connectivity index (χ3n) is 1.65. The summed E-state index contributed by atoms with van der Waals surface area (Å²) in [6.07, 6.45) is 1.55. The van der Waals surface area contributed by atoms with Gasteiger partial charge >= 0.3 is 0 Å². The molecule has 0 saturated carbocycles. The van der Waals surface area contributed by atoms with E-state index >= 15 is 0 Å². The van der Waals surface area contributed by atoms with Gasteiger partial charge in [-0.1, -0.05) is 0 Å². The molecule has 0 aliphatic carbocycles. The first-order valence-corrected chi connectivity index (χ1v) is 3.38. The van der Waals surface area contributed by atoms with Crippen LogP contribution in [0.1, 0.15) is 0 Å². The lowest BCUT2D eigenvalue weighted by Crippen LogP contribution is -1.88. The number of anilines is 1. The van der Waals surface area contributed by atoms with E-state index in [2.05, 4.69) is 10.4 Å². The lowest BCUT2D eigenvalue weighted by atomic mass is 10.2. The Hall–Kier alpha value is -1.91. The predicted octanol–water partition coefficient (Wildman–Crippen LogP) is 1.15. The van der Waals surface area contributed by atoms with E-state index < -0.39 is 0 Å². The summed E-state index contributed by atoms with van der Waals surface area (Å²) in [4.78, 5) is 11.2. The first-order valence-electron chi connectivity index (χ1n) is 3.38. The molecule has 5 nitrogen and oxygen atoms in total. The van der Waals surface area contributed by atoms with Crippen LogP contribution in [0.5, 0.6) is 0 Å². The molecule has 0 atom stereocenters. The summed E-state index contributed by atoms with van der Waals surface area (Å²) in [5, 5.41) is 7.25. The molecule has 1 heterocycles. The van der Waals surface area contributed by atoms with Crippen LogP contribution >= 0.6 is 0 Å². The Labute approximate surface area is 67.7 Å². The number of nitrogen functional groups attached to an aromatic ring is 1. The average molecular weight is 162 g/mol. The molecule has 0 bridgehead atoms. The molecule has 2 rings (SSSR count). The van der Waals surface area contributed by atoms with Gasteiger partial charge in [0.15, 0.2) is 0 Å². The van der Waals surface area contributed by atoms with Crippen molar-refractivity contribution in [3.05, 3.63) is 29.3 Å². The molecule has 12 heavy (non-hydrogen) atoms. The minimum Gasteiger partial charge on any atom is -0.399 e. The molecule has 0 aliphatic rings. The minimum absolute atomic E-state index is 0.646. The largest absolute Gasteiger partial charge is 0.399 e. The van der Waals surface area contributed by atoms with E-state index in [-0.39, 0.29) is 0 Å². The molecule has 1 aromatic carbocycles. The summed E-state index contributed by atoms with van der Waals surface area (Å²) in [7, 11) is 0. The van der Waals surface area contributed by atoms with Gasteiger partial charge in [-0.3, -0.25) is 0 Å². The molecule has 0 radical (unpaired) electrons. The highest BCUT2D eigenvalue weighted by Crippen LogP contribution is 2.16. The highest BCUT2D eigenvalue weighted by molar-refractivity contribution is 5.81. The van der Waals surface area contributed by atoms with Gasteiger partial charge in [0.2, 0.25) is 0 Å². The van der Waals surface area contributed by atoms with Crippen LogP contribution < -0.4 is 5.73 Å². The number of benzene rings is 1. The average Bonchev–Trinajstić information content (AvgIpc) is 2.46. The lowest BCUT2D eigenvalue weighted by Gasteiger charge is -1.92. The van der Waals surface area contributed by atoms with E-state index in [1.807, 2.05) is 0 Å². The monoisotopic (exact) mass is 162 g/mol. The number of nitroso groups, excluding NO2 is 1. The van der Waals surface area contributed by atoms with Gasteiger partial charge in [-0.15, -0.1) is 9.70 Å². The van der Waals surface area contributed by atoms with Gasteiger partial charge in [0.1, 0.15) is 0 Å². The molecular formula is C7H6N4O. The number of hydrogen-bond acceptors (Lipinski definition) is 4. The van der Waals surface area contributed by atoms with Crippen LogP contribution in [0.15, 0.2) is 29.7 Å². The van der Waals surface area contributed by atoms with E-state index in [0.29, 0.717) is 11.2 Å². The summed E-state index contributed by atoms with van der Waals surface area (Å²) in [6.45, 7) is 0. The molecule has 0 saturated heterocycles. The van der Waals surface area contributed by atoms with Crippen molar-refractivity contribution < 1.29 is 0 Å². The van der Waals surface area contributed by atoms with Gasteiger partial charge < -0.3 is 5.73 Å². The maximum Gasteiger partial charge on any atom is 0.0979 e. The van der Waals surface area contributed by atoms with Crippen molar-refractivity contribution in [1.82, 2.24) is 9.89 Å². The van der Waals surface area contributed by atoms with E-state index in [0.717, 1.165) is 10.2 Å². The van der Waals surface area contributed by atoms with Crippen LogP contribution in [0, 0.1) is 4.91 Å². The molecule has 0 aliphatic heterocycles. The zero-order valence-electron chi connectivity index (χ0n) is 6.14. The molecule has 2 N–H and O–H groups in total. The number of rotatable bonds is 1. The minimum atomic E-state index is 0.646. The third kappa shape index (κ3) is 0.833. The molecule has 0 spiro atoms. The summed E-state index contributed by atoms with van der Waals surface area (Å²) in [5.41, 5.74) is 6.84. The first kappa shape index (κ1) is 6.78. The van der Waals surface area contributed by atoms with Gasteiger partial charge in [-0.2, -0.15) is 5.10 Å². The Balaban J connectivity index is 2.81. The van der Waals surface area contributed by atoms with Gasteiger partial charge in [0, 0.05) is 11.1 Å². The van der Waals surface area contributed by atoms with E-state index in [9.17, 15) is 4.91 Å². The Morgan fingerprint density at radius 2 is 2.33 bits per heavy atom. The second-order valence-corrected chi connectivity index (χ2v) is 2.43. The third-order valence-corrected chi connectivity index (χ3v) is 1.65.